The summed E-state index contributed by atoms with van der Waals surface area (Å²) in [5, 5.41) is 9.80. The Hall–Kier alpha value is -2.22. The van der Waals surface area contributed by atoms with Crippen LogP contribution in [0.3, 0.4) is 0 Å². The van der Waals surface area contributed by atoms with Crippen LogP contribution in [0, 0.1) is 0 Å². The van der Waals surface area contributed by atoms with E-state index in [-0.39, 0.29) is 0 Å². The molecule has 0 saturated carbocycles. The van der Waals surface area contributed by atoms with Crippen molar-refractivity contribution in [2.45, 2.75) is 0 Å². The van der Waals surface area contributed by atoms with Crippen molar-refractivity contribution < 1.29 is 0 Å². The Bertz CT molecular complexity index is 443. The molecule has 2 heteroatoms. The van der Waals surface area contributed by atoms with Gasteiger partial charge in [-0.25, -0.2) is 0 Å². The molecule has 1 heterocycles. The molecule has 0 aliphatic carbocycles. The van der Waals surface area contributed by atoms with Crippen molar-refractivity contribution in [3.8, 4) is 0 Å². The summed E-state index contributed by atoms with van der Waals surface area (Å²) >= 11 is 0. The van der Waals surface area contributed by atoms with Crippen LogP contribution in [0.15, 0.2) is 73.1 Å². The molecular formula is C14H12N2. The van der Waals surface area contributed by atoms with Crippen LogP contribution in [-0.2, 0) is 0 Å². The minimum Gasteiger partial charge on any atom is -0.158 e. The van der Waals surface area contributed by atoms with Crippen molar-refractivity contribution in [2.24, 2.45) is 0 Å². The highest BCUT2D eigenvalue weighted by Gasteiger charge is 1.87. The number of benzene rings is 2. The molecule has 0 aliphatic rings. The standard InChI is InChI=1S/C8H6N2.C6H6/c1-2-4-8-6-10-9-5-7(8)3-1;1-2-4-6-5-3-1/h1-6H;1-6H. The van der Waals surface area contributed by atoms with Crippen molar-refractivity contribution in [1.82, 2.24) is 10.2 Å². The Morgan fingerprint density at radius 1 is 0.500 bits per heavy atom. The van der Waals surface area contributed by atoms with E-state index in [1.807, 2.05) is 60.7 Å². The fraction of sp³-hybridized carbons (Fsp3) is 0. The number of fused-ring (bicyclic) bond motifs is 1. The van der Waals surface area contributed by atoms with E-state index in [1.165, 1.54) is 0 Å². The van der Waals surface area contributed by atoms with E-state index < -0.39 is 0 Å². The zero-order chi connectivity index (χ0) is 11.1. The van der Waals surface area contributed by atoms with E-state index in [4.69, 9.17) is 0 Å². The van der Waals surface area contributed by atoms with E-state index in [0.29, 0.717) is 0 Å². The second-order valence-electron chi connectivity index (χ2n) is 3.27. The Morgan fingerprint density at radius 2 is 0.875 bits per heavy atom. The van der Waals surface area contributed by atoms with Crippen LogP contribution in [0.5, 0.6) is 0 Å². The van der Waals surface area contributed by atoms with Crippen molar-refractivity contribution in [1.29, 1.82) is 0 Å². The second kappa shape index (κ2) is 5.61. The third-order valence-corrected chi connectivity index (χ3v) is 2.12. The van der Waals surface area contributed by atoms with Crippen molar-refractivity contribution in [3.05, 3.63) is 73.1 Å². The molecule has 16 heavy (non-hydrogen) atoms. The molecule has 1 aromatic heterocycles. The third kappa shape index (κ3) is 2.89. The molecule has 0 aliphatic heterocycles. The monoisotopic (exact) mass is 208 g/mol. The van der Waals surface area contributed by atoms with Crippen LogP contribution in [0.25, 0.3) is 10.8 Å². The molecule has 78 valence electrons. The van der Waals surface area contributed by atoms with Crippen molar-refractivity contribution >= 4 is 10.8 Å². The Kier molecular flexibility index (Phi) is 3.61. The van der Waals surface area contributed by atoms with Crippen molar-refractivity contribution in [2.75, 3.05) is 0 Å². The summed E-state index contributed by atoms with van der Waals surface area (Å²) in [6.07, 6.45) is 3.52. The first-order chi connectivity index (χ1) is 7.97. The van der Waals surface area contributed by atoms with Gasteiger partial charge in [0.2, 0.25) is 0 Å². The summed E-state index contributed by atoms with van der Waals surface area (Å²) in [5.74, 6) is 0. The zero-order valence-corrected chi connectivity index (χ0v) is 8.82. The van der Waals surface area contributed by atoms with E-state index >= 15 is 0 Å². The molecule has 0 spiro atoms. The summed E-state index contributed by atoms with van der Waals surface area (Å²) < 4.78 is 0. The zero-order valence-electron chi connectivity index (χ0n) is 8.82. The number of aromatic nitrogens is 2. The Labute approximate surface area is 94.6 Å². The first kappa shape index (κ1) is 10.3. The molecule has 0 saturated heterocycles. The minimum atomic E-state index is 1.14. The second-order valence-corrected chi connectivity index (χ2v) is 3.27. The van der Waals surface area contributed by atoms with Gasteiger partial charge in [-0.3, -0.25) is 0 Å². The van der Waals surface area contributed by atoms with Gasteiger partial charge >= 0.3 is 0 Å². The molecule has 0 amide bonds. The summed E-state index contributed by atoms with van der Waals surface area (Å²) in [5.41, 5.74) is 0. The maximum absolute atomic E-state index is 3.76. The maximum atomic E-state index is 3.76. The molecule has 2 nitrogen and oxygen atoms in total. The smallest absolute Gasteiger partial charge is 0.0574 e. The average Bonchev–Trinajstić information content (AvgIpc) is 2.42. The molecule has 3 aromatic rings. The van der Waals surface area contributed by atoms with Gasteiger partial charge in [-0.15, -0.1) is 0 Å². The van der Waals surface area contributed by atoms with Crippen LogP contribution < -0.4 is 0 Å². The van der Waals surface area contributed by atoms with Crippen LogP contribution in [0.2, 0.25) is 0 Å². The quantitative estimate of drug-likeness (QED) is 0.566. The molecule has 0 fully saturated rings. The molecule has 0 bridgehead atoms. The fourth-order valence-corrected chi connectivity index (χ4v) is 1.32. The third-order valence-electron chi connectivity index (χ3n) is 2.12. The van der Waals surface area contributed by atoms with Crippen LogP contribution >= 0.6 is 0 Å². The van der Waals surface area contributed by atoms with Gasteiger partial charge in [-0.05, 0) is 0 Å². The Morgan fingerprint density at radius 3 is 1.25 bits per heavy atom. The fourth-order valence-electron chi connectivity index (χ4n) is 1.32. The lowest BCUT2D eigenvalue weighted by molar-refractivity contribution is 1.05. The number of rotatable bonds is 0. The minimum absolute atomic E-state index is 1.14. The molecule has 0 radical (unpaired) electrons. The van der Waals surface area contributed by atoms with Gasteiger partial charge in [0, 0.05) is 10.8 Å². The van der Waals surface area contributed by atoms with E-state index in [9.17, 15) is 0 Å². The van der Waals surface area contributed by atoms with Gasteiger partial charge in [0.1, 0.15) is 0 Å². The van der Waals surface area contributed by atoms with Gasteiger partial charge in [0.25, 0.3) is 0 Å². The summed E-state index contributed by atoms with van der Waals surface area (Å²) in [6, 6.07) is 20.0. The highest BCUT2D eigenvalue weighted by molar-refractivity contribution is 5.80. The summed E-state index contributed by atoms with van der Waals surface area (Å²) in [4.78, 5) is 0. The highest BCUT2D eigenvalue weighted by Crippen LogP contribution is 2.08. The molecule has 3 rings (SSSR count). The average molecular weight is 208 g/mol. The van der Waals surface area contributed by atoms with Gasteiger partial charge in [0.15, 0.2) is 0 Å². The lowest BCUT2D eigenvalue weighted by Crippen LogP contribution is -1.77. The summed E-state index contributed by atoms with van der Waals surface area (Å²) in [6.45, 7) is 0. The number of hydrogen-bond donors (Lipinski definition) is 0. The van der Waals surface area contributed by atoms with Crippen LogP contribution in [-0.4, -0.2) is 10.2 Å². The van der Waals surface area contributed by atoms with Gasteiger partial charge < -0.3 is 0 Å². The first-order valence-electron chi connectivity index (χ1n) is 5.12. The molecule has 2 aromatic carbocycles. The SMILES string of the molecule is c1ccc2cnncc2c1.c1ccccc1. The van der Waals surface area contributed by atoms with Gasteiger partial charge in [-0.1, -0.05) is 60.7 Å². The molecular weight excluding hydrogens is 196 g/mol. The topological polar surface area (TPSA) is 25.8 Å². The van der Waals surface area contributed by atoms with E-state index in [0.717, 1.165) is 10.8 Å². The predicted molar refractivity (Wildman–Crippen MR) is 66.0 cm³/mol. The van der Waals surface area contributed by atoms with Gasteiger partial charge in [-0.2, -0.15) is 10.2 Å². The first-order valence-corrected chi connectivity index (χ1v) is 5.12. The molecule has 0 N–H and O–H groups in total. The molecule has 0 unspecified atom stereocenters. The summed E-state index contributed by atoms with van der Waals surface area (Å²) in [7, 11) is 0. The Balaban J connectivity index is 0.000000138. The number of nitrogens with zero attached hydrogens (tertiary/aromatic N) is 2. The lowest BCUT2D eigenvalue weighted by atomic mass is 10.2. The van der Waals surface area contributed by atoms with Crippen LogP contribution in [0.4, 0.5) is 0 Å². The number of hydrogen-bond acceptors (Lipinski definition) is 2. The van der Waals surface area contributed by atoms with Crippen LogP contribution in [0.1, 0.15) is 0 Å². The molecule has 0 atom stereocenters. The lowest BCUT2D eigenvalue weighted by Gasteiger charge is -1.90. The van der Waals surface area contributed by atoms with Crippen molar-refractivity contribution in [3.63, 3.8) is 0 Å². The highest BCUT2D eigenvalue weighted by atomic mass is 15.1. The van der Waals surface area contributed by atoms with E-state index in [1.54, 1.807) is 12.4 Å². The van der Waals surface area contributed by atoms with Gasteiger partial charge in [0.05, 0.1) is 12.4 Å². The normalized spacial score (nSPS) is 9.25. The largest absolute Gasteiger partial charge is 0.158 e. The predicted octanol–water partition coefficient (Wildman–Crippen LogP) is 3.32. The van der Waals surface area contributed by atoms with E-state index in [2.05, 4.69) is 10.2 Å². The maximum Gasteiger partial charge on any atom is 0.0574 e.